The SMILES string of the molecule is CC=C[C@]1(C)C[C@@H](O)[C@@]2(C)C3C(=O)CCC3(CC[C@H]2C)[C@@H](C)[C@@H]1C. The highest BCUT2D eigenvalue weighted by atomic mass is 16.3. The van der Waals surface area contributed by atoms with E-state index >= 15 is 0 Å². The molecular weight excluding hydrogens is 296 g/mol. The van der Waals surface area contributed by atoms with Crippen molar-refractivity contribution in [1.29, 1.82) is 0 Å². The van der Waals surface area contributed by atoms with E-state index in [1.54, 1.807) is 0 Å². The summed E-state index contributed by atoms with van der Waals surface area (Å²) in [6.45, 7) is 13.6. The Kier molecular flexibility index (Phi) is 4.31. The van der Waals surface area contributed by atoms with E-state index in [0.717, 1.165) is 32.1 Å². The zero-order valence-corrected chi connectivity index (χ0v) is 16.4. The fourth-order valence-corrected chi connectivity index (χ4v) is 7.01. The Morgan fingerprint density at radius 1 is 1.12 bits per heavy atom. The molecule has 0 saturated heterocycles. The Hall–Kier alpha value is -0.630. The van der Waals surface area contributed by atoms with E-state index in [0.29, 0.717) is 23.5 Å². The molecule has 0 aliphatic heterocycles. The fraction of sp³-hybridized carbons (Fsp3) is 0.864. The van der Waals surface area contributed by atoms with Gasteiger partial charge in [0, 0.05) is 17.8 Å². The smallest absolute Gasteiger partial charge is 0.137 e. The molecule has 0 spiro atoms. The first-order valence-corrected chi connectivity index (χ1v) is 9.98. The van der Waals surface area contributed by atoms with E-state index in [4.69, 9.17) is 0 Å². The van der Waals surface area contributed by atoms with Crippen molar-refractivity contribution in [2.45, 2.75) is 79.8 Å². The van der Waals surface area contributed by atoms with Crippen LogP contribution in [0.2, 0.25) is 0 Å². The van der Waals surface area contributed by atoms with E-state index in [9.17, 15) is 9.90 Å². The van der Waals surface area contributed by atoms with Crippen molar-refractivity contribution in [2.75, 3.05) is 0 Å². The highest BCUT2D eigenvalue weighted by Gasteiger charge is 2.66. The molecule has 3 aliphatic rings. The number of hydrogen-bond donors (Lipinski definition) is 1. The lowest BCUT2D eigenvalue weighted by atomic mass is 9.42. The normalized spacial score (nSPS) is 55.3. The lowest BCUT2D eigenvalue weighted by Crippen LogP contribution is -2.60. The molecule has 0 heterocycles. The third-order valence-corrected chi connectivity index (χ3v) is 9.06. The number of rotatable bonds is 1. The summed E-state index contributed by atoms with van der Waals surface area (Å²) < 4.78 is 0. The van der Waals surface area contributed by atoms with E-state index in [-0.39, 0.29) is 22.2 Å². The van der Waals surface area contributed by atoms with Gasteiger partial charge in [0.05, 0.1) is 6.10 Å². The van der Waals surface area contributed by atoms with E-state index in [2.05, 4.69) is 53.7 Å². The first kappa shape index (κ1) is 18.2. The quantitative estimate of drug-likeness (QED) is 0.686. The average molecular weight is 333 g/mol. The molecule has 0 aromatic carbocycles. The number of aliphatic hydroxyl groups excluding tert-OH is 1. The zero-order valence-electron chi connectivity index (χ0n) is 16.4. The Balaban J connectivity index is 2.19. The topological polar surface area (TPSA) is 37.3 Å². The lowest BCUT2D eigenvalue weighted by Gasteiger charge is -2.62. The molecule has 2 bridgehead atoms. The van der Waals surface area contributed by atoms with Crippen LogP contribution in [0.1, 0.15) is 73.6 Å². The number of aliphatic hydroxyl groups is 1. The van der Waals surface area contributed by atoms with Crippen LogP contribution in [0.3, 0.4) is 0 Å². The van der Waals surface area contributed by atoms with Gasteiger partial charge in [-0.3, -0.25) is 4.79 Å². The van der Waals surface area contributed by atoms with Gasteiger partial charge in [-0.1, -0.05) is 46.8 Å². The van der Waals surface area contributed by atoms with Crippen LogP contribution in [0, 0.1) is 39.9 Å². The Morgan fingerprint density at radius 3 is 2.42 bits per heavy atom. The highest BCUT2D eigenvalue weighted by Crippen LogP contribution is 2.68. The van der Waals surface area contributed by atoms with Crippen LogP contribution in [0.5, 0.6) is 0 Å². The molecule has 2 heteroatoms. The number of ketones is 1. The predicted molar refractivity (Wildman–Crippen MR) is 98.5 cm³/mol. The second kappa shape index (κ2) is 5.69. The summed E-state index contributed by atoms with van der Waals surface area (Å²) >= 11 is 0. The van der Waals surface area contributed by atoms with Gasteiger partial charge in [0.1, 0.15) is 5.78 Å². The summed E-state index contributed by atoms with van der Waals surface area (Å²) in [6.07, 6.45) is 8.88. The van der Waals surface area contributed by atoms with Gasteiger partial charge in [0.2, 0.25) is 0 Å². The second-order valence-electron chi connectivity index (χ2n) is 9.74. The molecule has 3 fully saturated rings. The molecule has 3 rings (SSSR count). The average Bonchev–Trinajstić information content (AvgIpc) is 2.88. The highest BCUT2D eigenvalue weighted by molar-refractivity contribution is 5.85. The maximum absolute atomic E-state index is 13.0. The van der Waals surface area contributed by atoms with Crippen molar-refractivity contribution >= 4 is 5.78 Å². The molecule has 2 nitrogen and oxygen atoms in total. The van der Waals surface area contributed by atoms with Crippen LogP contribution in [0.25, 0.3) is 0 Å². The molecule has 8 atom stereocenters. The number of hydrogen-bond acceptors (Lipinski definition) is 2. The first-order chi connectivity index (χ1) is 11.1. The number of carbonyl (C=O) groups excluding carboxylic acids is 1. The van der Waals surface area contributed by atoms with Gasteiger partial charge < -0.3 is 5.11 Å². The molecule has 0 amide bonds. The molecule has 0 radical (unpaired) electrons. The van der Waals surface area contributed by atoms with Gasteiger partial charge >= 0.3 is 0 Å². The van der Waals surface area contributed by atoms with E-state index in [1.807, 2.05) is 0 Å². The van der Waals surface area contributed by atoms with Gasteiger partial charge in [-0.2, -0.15) is 0 Å². The monoisotopic (exact) mass is 332 g/mol. The zero-order chi connectivity index (χ0) is 17.9. The third kappa shape index (κ3) is 2.14. The van der Waals surface area contributed by atoms with Gasteiger partial charge in [0.15, 0.2) is 0 Å². The maximum Gasteiger partial charge on any atom is 0.137 e. The van der Waals surface area contributed by atoms with Crippen LogP contribution in [0.4, 0.5) is 0 Å². The standard InChI is InChI=1S/C22H36O2/c1-7-10-20(5)13-18(24)21(6)14(2)8-11-22(16(4)15(20)3)12-9-17(23)19(21)22/h7,10,14-16,18-19,24H,8-9,11-13H2,1-6H3/t14-,15+,16+,18-,19?,20-,21+,22?/m1/s1. The van der Waals surface area contributed by atoms with Crippen molar-refractivity contribution in [3.8, 4) is 0 Å². The summed E-state index contributed by atoms with van der Waals surface area (Å²) in [5, 5.41) is 11.4. The minimum Gasteiger partial charge on any atom is -0.392 e. The van der Waals surface area contributed by atoms with Crippen LogP contribution in [-0.2, 0) is 4.79 Å². The molecule has 2 unspecified atom stereocenters. The molecule has 0 aromatic heterocycles. The van der Waals surface area contributed by atoms with Crippen molar-refractivity contribution in [3.63, 3.8) is 0 Å². The van der Waals surface area contributed by atoms with Crippen molar-refractivity contribution in [2.24, 2.45) is 39.9 Å². The van der Waals surface area contributed by atoms with Crippen LogP contribution in [-0.4, -0.2) is 17.0 Å². The maximum atomic E-state index is 13.0. The van der Waals surface area contributed by atoms with Crippen molar-refractivity contribution in [3.05, 3.63) is 12.2 Å². The van der Waals surface area contributed by atoms with Crippen molar-refractivity contribution < 1.29 is 9.90 Å². The first-order valence-electron chi connectivity index (χ1n) is 9.98. The largest absolute Gasteiger partial charge is 0.392 e. The van der Waals surface area contributed by atoms with Crippen LogP contribution < -0.4 is 0 Å². The van der Waals surface area contributed by atoms with E-state index < -0.39 is 6.10 Å². The molecule has 1 N–H and O–H groups in total. The molecule has 3 saturated carbocycles. The number of Topliss-reactive ketones (excluding diaryl/α,β-unsaturated/α-hetero) is 1. The van der Waals surface area contributed by atoms with Crippen LogP contribution >= 0.6 is 0 Å². The minimum absolute atomic E-state index is 0.00445. The summed E-state index contributed by atoms with van der Waals surface area (Å²) in [5.41, 5.74) is -0.180. The van der Waals surface area contributed by atoms with Gasteiger partial charge in [0.25, 0.3) is 0 Å². The lowest BCUT2D eigenvalue weighted by molar-refractivity contribution is -0.179. The third-order valence-electron chi connectivity index (χ3n) is 9.06. The van der Waals surface area contributed by atoms with Crippen molar-refractivity contribution in [1.82, 2.24) is 0 Å². The van der Waals surface area contributed by atoms with Gasteiger partial charge in [-0.15, -0.1) is 0 Å². The van der Waals surface area contributed by atoms with E-state index in [1.165, 1.54) is 0 Å². The number of carbonyl (C=O) groups is 1. The second-order valence-corrected chi connectivity index (χ2v) is 9.74. The summed E-state index contributed by atoms with van der Waals surface area (Å²) in [7, 11) is 0. The molecule has 3 aliphatic carbocycles. The van der Waals surface area contributed by atoms with Gasteiger partial charge in [-0.05, 0) is 61.2 Å². The molecule has 0 aromatic rings. The predicted octanol–water partition coefficient (Wildman–Crippen LogP) is 5.01. The summed E-state index contributed by atoms with van der Waals surface area (Å²) in [4.78, 5) is 13.0. The Morgan fingerprint density at radius 2 is 1.79 bits per heavy atom. The summed E-state index contributed by atoms with van der Waals surface area (Å²) in [5.74, 6) is 1.86. The Bertz CT molecular complexity index is 552. The minimum atomic E-state index is -0.407. The molecular formula is C22H36O2. The molecule has 136 valence electrons. The van der Waals surface area contributed by atoms with Gasteiger partial charge in [-0.25, -0.2) is 0 Å². The fourth-order valence-electron chi connectivity index (χ4n) is 7.01. The Labute approximate surface area is 148 Å². The number of allylic oxidation sites excluding steroid dienone is 2. The van der Waals surface area contributed by atoms with Crippen LogP contribution in [0.15, 0.2) is 12.2 Å². The molecule has 24 heavy (non-hydrogen) atoms. The summed E-state index contributed by atoms with van der Waals surface area (Å²) in [6, 6.07) is 0.